The standard InChI is InChI=1S/C18H25NO4/c1-19-9-8-18(7-6-14(20)11-17(18)19)13-4-5-15(22-3)16(10-13)23-12-21-2/h4-7,10,14,17,20H,8-9,11-12H2,1-3H3/t14-,17-,18-/m0/s1. The molecule has 1 aromatic rings. The van der Waals surface area contributed by atoms with Gasteiger partial charge in [-0.2, -0.15) is 0 Å². The van der Waals surface area contributed by atoms with E-state index in [9.17, 15) is 5.11 Å². The molecule has 1 heterocycles. The van der Waals surface area contributed by atoms with Gasteiger partial charge in [-0.25, -0.2) is 0 Å². The molecule has 1 aliphatic carbocycles. The van der Waals surface area contributed by atoms with E-state index in [-0.39, 0.29) is 18.3 Å². The van der Waals surface area contributed by atoms with Crippen LogP contribution in [-0.4, -0.2) is 56.8 Å². The number of aliphatic hydroxyl groups excluding tert-OH is 1. The summed E-state index contributed by atoms with van der Waals surface area (Å²) in [4.78, 5) is 2.34. The third kappa shape index (κ3) is 2.84. The fourth-order valence-corrected chi connectivity index (χ4v) is 3.89. The Balaban J connectivity index is 2.01. The van der Waals surface area contributed by atoms with Crippen molar-refractivity contribution in [3.8, 4) is 11.5 Å². The molecule has 0 bridgehead atoms. The van der Waals surface area contributed by atoms with E-state index < -0.39 is 0 Å². The Hall–Kier alpha value is -1.56. The number of nitrogens with zero attached hydrogens (tertiary/aromatic N) is 1. The monoisotopic (exact) mass is 319 g/mol. The van der Waals surface area contributed by atoms with E-state index in [0.29, 0.717) is 17.5 Å². The third-order valence-corrected chi connectivity index (χ3v) is 5.12. The van der Waals surface area contributed by atoms with E-state index in [1.54, 1.807) is 14.2 Å². The van der Waals surface area contributed by atoms with Crippen LogP contribution in [0.25, 0.3) is 0 Å². The highest BCUT2D eigenvalue weighted by Gasteiger charge is 2.48. The van der Waals surface area contributed by atoms with Crippen molar-refractivity contribution in [1.82, 2.24) is 4.90 Å². The van der Waals surface area contributed by atoms with Gasteiger partial charge in [-0.05, 0) is 44.1 Å². The van der Waals surface area contributed by atoms with Crippen LogP contribution in [0.4, 0.5) is 0 Å². The first-order valence-electron chi connectivity index (χ1n) is 7.98. The summed E-state index contributed by atoms with van der Waals surface area (Å²) in [6.45, 7) is 1.20. The quantitative estimate of drug-likeness (QED) is 0.664. The van der Waals surface area contributed by atoms with Crippen molar-refractivity contribution < 1.29 is 19.3 Å². The molecule has 5 nitrogen and oxygen atoms in total. The van der Waals surface area contributed by atoms with Crippen LogP contribution in [0.15, 0.2) is 30.4 Å². The van der Waals surface area contributed by atoms with Crippen LogP contribution in [0.1, 0.15) is 18.4 Å². The number of aliphatic hydroxyl groups is 1. The molecule has 1 saturated heterocycles. The van der Waals surface area contributed by atoms with Crippen molar-refractivity contribution in [1.29, 1.82) is 0 Å². The predicted molar refractivity (Wildman–Crippen MR) is 88.0 cm³/mol. The molecule has 0 aromatic heterocycles. The number of methoxy groups -OCH3 is 2. The zero-order valence-electron chi connectivity index (χ0n) is 14.0. The predicted octanol–water partition coefficient (Wildman–Crippen LogP) is 1.94. The van der Waals surface area contributed by atoms with Crippen LogP contribution in [0.5, 0.6) is 11.5 Å². The van der Waals surface area contributed by atoms with Gasteiger partial charge in [0.1, 0.15) is 0 Å². The molecule has 0 radical (unpaired) electrons. The molecule has 0 amide bonds. The number of ether oxygens (including phenoxy) is 3. The Bertz CT molecular complexity index is 588. The van der Waals surface area contributed by atoms with E-state index in [1.165, 1.54) is 5.56 Å². The van der Waals surface area contributed by atoms with E-state index in [2.05, 4.69) is 24.1 Å². The number of benzene rings is 1. The number of hydrogen-bond donors (Lipinski definition) is 1. The Kier molecular flexibility index (Phi) is 4.62. The minimum Gasteiger partial charge on any atom is -0.493 e. The number of hydrogen-bond acceptors (Lipinski definition) is 5. The smallest absolute Gasteiger partial charge is 0.188 e. The molecule has 126 valence electrons. The maximum Gasteiger partial charge on any atom is 0.188 e. The Morgan fingerprint density at radius 3 is 2.87 bits per heavy atom. The van der Waals surface area contributed by atoms with Crippen molar-refractivity contribution in [3.05, 3.63) is 35.9 Å². The molecular formula is C18H25NO4. The maximum atomic E-state index is 10.0. The summed E-state index contributed by atoms with van der Waals surface area (Å²) in [5.41, 5.74) is 1.12. The second kappa shape index (κ2) is 6.51. The van der Waals surface area contributed by atoms with Crippen LogP contribution in [0, 0.1) is 0 Å². The summed E-state index contributed by atoms with van der Waals surface area (Å²) in [5, 5.41) is 10.0. The van der Waals surface area contributed by atoms with Gasteiger partial charge in [0.2, 0.25) is 0 Å². The lowest BCUT2D eigenvalue weighted by molar-refractivity contribution is 0.0490. The molecule has 3 atom stereocenters. The molecule has 1 N–H and O–H groups in total. The first-order chi connectivity index (χ1) is 11.1. The van der Waals surface area contributed by atoms with Gasteiger partial charge in [-0.15, -0.1) is 0 Å². The van der Waals surface area contributed by atoms with E-state index in [1.807, 2.05) is 18.2 Å². The van der Waals surface area contributed by atoms with Crippen molar-refractivity contribution in [3.63, 3.8) is 0 Å². The molecule has 0 spiro atoms. The van der Waals surface area contributed by atoms with E-state index in [0.717, 1.165) is 19.4 Å². The highest BCUT2D eigenvalue weighted by Crippen LogP contribution is 2.47. The normalized spacial score (nSPS) is 30.3. The number of likely N-dealkylation sites (N-methyl/N-ethyl adjacent to an activating group) is 1. The van der Waals surface area contributed by atoms with Crippen LogP contribution in [0.2, 0.25) is 0 Å². The maximum absolute atomic E-state index is 10.0. The highest BCUT2D eigenvalue weighted by molar-refractivity contribution is 5.48. The molecule has 5 heteroatoms. The second-order valence-electron chi connectivity index (χ2n) is 6.37. The Labute approximate surface area is 137 Å². The number of rotatable bonds is 5. The Morgan fingerprint density at radius 1 is 1.30 bits per heavy atom. The van der Waals surface area contributed by atoms with Crippen LogP contribution < -0.4 is 9.47 Å². The SMILES string of the molecule is COCOc1cc([C@@]23C=C[C@H](O)C[C@@H]2N(C)CC3)ccc1OC. The average molecular weight is 319 g/mol. The molecule has 3 rings (SSSR count). The van der Waals surface area contributed by atoms with Crippen LogP contribution in [0.3, 0.4) is 0 Å². The highest BCUT2D eigenvalue weighted by atomic mass is 16.7. The number of fused-ring (bicyclic) bond motifs is 1. The molecule has 0 unspecified atom stereocenters. The van der Waals surface area contributed by atoms with Crippen molar-refractivity contribution in [2.24, 2.45) is 0 Å². The summed E-state index contributed by atoms with van der Waals surface area (Å²) >= 11 is 0. The summed E-state index contributed by atoms with van der Waals surface area (Å²) in [7, 11) is 5.36. The van der Waals surface area contributed by atoms with Crippen LogP contribution >= 0.6 is 0 Å². The van der Waals surface area contributed by atoms with Gasteiger partial charge < -0.3 is 24.2 Å². The molecule has 1 fully saturated rings. The molecular weight excluding hydrogens is 294 g/mol. The zero-order valence-corrected chi connectivity index (χ0v) is 14.0. The van der Waals surface area contributed by atoms with Gasteiger partial charge in [-0.3, -0.25) is 0 Å². The third-order valence-electron chi connectivity index (χ3n) is 5.12. The van der Waals surface area contributed by atoms with Gasteiger partial charge >= 0.3 is 0 Å². The molecule has 1 aliphatic heterocycles. The second-order valence-corrected chi connectivity index (χ2v) is 6.37. The number of likely N-dealkylation sites (tertiary alicyclic amines) is 1. The Morgan fingerprint density at radius 2 is 2.13 bits per heavy atom. The van der Waals surface area contributed by atoms with Gasteiger partial charge in [0.05, 0.1) is 13.2 Å². The minimum atomic E-state index is -0.365. The lowest BCUT2D eigenvalue weighted by Crippen LogP contribution is -2.44. The van der Waals surface area contributed by atoms with Crippen molar-refractivity contribution in [2.75, 3.05) is 34.6 Å². The first kappa shape index (κ1) is 16.3. The molecule has 0 saturated carbocycles. The lowest BCUT2D eigenvalue weighted by atomic mass is 9.69. The first-order valence-corrected chi connectivity index (χ1v) is 7.98. The fourth-order valence-electron chi connectivity index (χ4n) is 3.89. The summed E-state index contributed by atoms with van der Waals surface area (Å²) in [5.74, 6) is 1.39. The van der Waals surface area contributed by atoms with Gasteiger partial charge in [-0.1, -0.05) is 18.2 Å². The minimum absolute atomic E-state index is 0.0779. The topological polar surface area (TPSA) is 51.2 Å². The van der Waals surface area contributed by atoms with Crippen molar-refractivity contribution >= 4 is 0 Å². The molecule has 2 aliphatic rings. The average Bonchev–Trinajstić information content (AvgIpc) is 2.90. The zero-order chi connectivity index (χ0) is 16.4. The molecule has 1 aromatic carbocycles. The fraction of sp³-hybridized carbons (Fsp3) is 0.556. The molecule has 23 heavy (non-hydrogen) atoms. The van der Waals surface area contributed by atoms with Crippen molar-refractivity contribution in [2.45, 2.75) is 30.4 Å². The van der Waals surface area contributed by atoms with E-state index in [4.69, 9.17) is 14.2 Å². The lowest BCUT2D eigenvalue weighted by Gasteiger charge is -2.39. The van der Waals surface area contributed by atoms with Gasteiger partial charge in [0.15, 0.2) is 18.3 Å². The summed E-state index contributed by atoms with van der Waals surface area (Å²) in [6.07, 6.45) is 5.53. The van der Waals surface area contributed by atoms with Gasteiger partial charge in [0.25, 0.3) is 0 Å². The largest absolute Gasteiger partial charge is 0.493 e. The van der Waals surface area contributed by atoms with E-state index >= 15 is 0 Å². The summed E-state index contributed by atoms with van der Waals surface area (Å²) < 4.78 is 16.1. The summed E-state index contributed by atoms with van der Waals surface area (Å²) in [6, 6.07) is 6.40. The van der Waals surface area contributed by atoms with Crippen LogP contribution in [-0.2, 0) is 10.2 Å². The van der Waals surface area contributed by atoms with Gasteiger partial charge in [0, 0.05) is 18.6 Å².